The van der Waals surface area contributed by atoms with E-state index in [1.54, 1.807) is 14.2 Å². The van der Waals surface area contributed by atoms with Gasteiger partial charge in [0.1, 0.15) is 0 Å². The van der Waals surface area contributed by atoms with E-state index < -0.39 is 16.9 Å². The summed E-state index contributed by atoms with van der Waals surface area (Å²) >= 11 is 0. The van der Waals surface area contributed by atoms with Crippen LogP contribution in [-0.4, -0.2) is 61.0 Å². The summed E-state index contributed by atoms with van der Waals surface area (Å²) in [5.74, 6) is 1.40. The normalized spacial score (nSPS) is 26.4. The first-order valence-corrected chi connectivity index (χ1v) is 10.8. The fourth-order valence-electron chi connectivity index (χ4n) is 5.34. The number of rotatable bonds is 7. The molecule has 0 bridgehead atoms. The third-order valence-electron chi connectivity index (χ3n) is 7.04. The summed E-state index contributed by atoms with van der Waals surface area (Å²) in [6.45, 7) is 2.88. The highest BCUT2D eigenvalue weighted by Gasteiger charge is 2.49. The van der Waals surface area contributed by atoms with E-state index in [4.69, 9.17) is 9.47 Å². The number of aliphatic hydroxyl groups is 2. The SMILES string of the molecule is CCC[C@@]1(CO)CN(C(=O)C2(c3ccc(OC)c(OC)c3)CCCC2)CC[C@@H]1O. The summed E-state index contributed by atoms with van der Waals surface area (Å²) in [7, 11) is 3.21. The lowest BCUT2D eigenvalue weighted by molar-refractivity contribution is -0.148. The lowest BCUT2D eigenvalue weighted by Gasteiger charge is -2.47. The maximum Gasteiger partial charge on any atom is 0.233 e. The van der Waals surface area contributed by atoms with Gasteiger partial charge in [-0.2, -0.15) is 0 Å². The molecule has 162 valence electrons. The monoisotopic (exact) mass is 405 g/mol. The number of aliphatic hydroxyl groups excluding tert-OH is 2. The highest BCUT2D eigenvalue weighted by Crippen LogP contribution is 2.46. The molecule has 29 heavy (non-hydrogen) atoms. The quantitative estimate of drug-likeness (QED) is 0.729. The number of ether oxygens (including phenoxy) is 2. The van der Waals surface area contributed by atoms with E-state index in [2.05, 4.69) is 0 Å². The van der Waals surface area contributed by atoms with Crippen molar-refractivity contribution < 1.29 is 24.5 Å². The van der Waals surface area contributed by atoms with Crippen LogP contribution >= 0.6 is 0 Å². The number of methoxy groups -OCH3 is 2. The molecule has 6 nitrogen and oxygen atoms in total. The molecule has 1 heterocycles. The van der Waals surface area contributed by atoms with Gasteiger partial charge in [-0.25, -0.2) is 0 Å². The van der Waals surface area contributed by atoms with Crippen molar-refractivity contribution in [2.75, 3.05) is 33.9 Å². The van der Waals surface area contributed by atoms with Gasteiger partial charge >= 0.3 is 0 Å². The lowest BCUT2D eigenvalue weighted by Crippen LogP contribution is -2.58. The van der Waals surface area contributed by atoms with Crippen LogP contribution in [0.2, 0.25) is 0 Å². The van der Waals surface area contributed by atoms with Gasteiger partial charge in [-0.3, -0.25) is 4.79 Å². The highest BCUT2D eigenvalue weighted by atomic mass is 16.5. The number of benzene rings is 1. The molecular formula is C23H35NO5. The van der Waals surface area contributed by atoms with Crippen molar-refractivity contribution in [1.82, 2.24) is 4.90 Å². The fourth-order valence-corrected chi connectivity index (χ4v) is 5.34. The van der Waals surface area contributed by atoms with Crippen LogP contribution in [0.3, 0.4) is 0 Å². The van der Waals surface area contributed by atoms with Gasteiger partial charge in [0.25, 0.3) is 0 Å². The molecule has 1 saturated heterocycles. The molecule has 0 spiro atoms. The maximum absolute atomic E-state index is 13.9. The summed E-state index contributed by atoms with van der Waals surface area (Å²) in [5, 5.41) is 20.7. The first-order valence-electron chi connectivity index (χ1n) is 10.8. The van der Waals surface area contributed by atoms with Crippen molar-refractivity contribution in [1.29, 1.82) is 0 Å². The summed E-state index contributed by atoms with van der Waals surface area (Å²) < 4.78 is 10.9. The van der Waals surface area contributed by atoms with Crippen molar-refractivity contribution >= 4 is 5.91 Å². The van der Waals surface area contributed by atoms with Crippen LogP contribution in [0.1, 0.15) is 57.4 Å². The standard InChI is InChI=1S/C23H35NO5/c1-4-10-22(16-25)15-24(13-9-20(22)26)21(27)23(11-5-6-12-23)17-7-8-18(28-2)19(14-17)29-3/h7-8,14,20,25-26H,4-6,9-13,15-16H2,1-3H3/t20-,22-/m0/s1. The van der Waals surface area contributed by atoms with Crippen LogP contribution in [0.5, 0.6) is 11.5 Å². The van der Waals surface area contributed by atoms with Crippen molar-refractivity contribution in [3.8, 4) is 11.5 Å². The zero-order chi connectivity index (χ0) is 21.1. The van der Waals surface area contributed by atoms with Gasteiger partial charge in [-0.1, -0.05) is 32.3 Å². The zero-order valence-electron chi connectivity index (χ0n) is 17.9. The second-order valence-electron chi connectivity index (χ2n) is 8.66. The Labute approximate surface area is 173 Å². The number of nitrogens with zero attached hydrogens (tertiary/aromatic N) is 1. The van der Waals surface area contributed by atoms with E-state index in [0.717, 1.165) is 37.7 Å². The number of carbonyl (C=O) groups is 1. The first kappa shape index (κ1) is 21.9. The van der Waals surface area contributed by atoms with Crippen LogP contribution in [0.25, 0.3) is 0 Å². The third-order valence-corrected chi connectivity index (χ3v) is 7.04. The van der Waals surface area contributed by atoms with Crippen LogP contribution < -0.4 is 9.47 Å². The Bertz CT molecular complexity index is 715. The van der Waals surface area contributed by atoms with E-state index in [0.29, 0.717) is 37.4 Å². The molecule has 1 aliphatic carbocycles. The number of hydrogen-bond acceptors (Lipinski definition) is 5. The van der Waals surface area contributed by atoms with E-state index in [1.165, 1.54) is 0 Å². The van der Waals surface area contributed by atoms with Gasteiger partial charge in [0, 0.05) is 18.5 Å². The van der Waals surface area contributed by atoms with E-state index in [-0.39, 0.29) is 12.5 Å². The predicted molar refractivity (Wildman–Crippen MR) is 111 cm³/mol. The number of piperidine rings is 1. The van der Waals surface area contributed by atoms with E-state index >= 15 is 0 Å². The average Bonchev–Trinajstić information content (AvgIpc) is 3.25. The average molecular weight is 406 g/mol. The Morgan fingerprint density at radius 2 is 1.90 bits per heavy atom. The number of hydrogen-bond donors (Lipinski definition) is 2. The van der Waals surface area contributed by atoms with Gasteiger partial charge in [-0.15, -0.1) is 0 Å². The molecule has 2 aliphatic rings. The number of carbonyl (C=O) groups excluding carboxylic acids is 1. The minimum atomic E-state index is -0.625. The third kappa shape index (κ3) is 3.84. The molecule has 0 unspecified atom stereocenters. The van der Waals surface area contributed by atoms with Crippen molar-refractivity contribution in [2.45, 2.75) is 63.4 Å². The molecule has 2 atom stereocenters. The molecule has 1 amide bonds. The van der Waals surface area contributed by atoms with Crippen LogP contribution in [0.15, 0.2) is 18.2 Å². The predicted octanol–water partition coefficient (Wildman–Crippen LogP) is 2.89. The number of likely N-dealkylation sites (tertiary alicyclic amines) is 1. The van der Waals surface area contributed by atoms with Gasteiger partial charge in [0.05, 0.1) is 32.3 Å². The molecule has 1 aromatic rings. The fraction of sp³-hybridized carbons (Fsp3) is 0.696. The molecule has 0 radical (unpaired) electrons. The molecule has 1 aliphatic heterocycles. The Hall–Kier alpha value is -1.79. The van der Waals surface area contributed by atoms with Crippen molar-refractivity contribution in [2.24, 2.45) is 5.41 Å². The van der Waals surface area contributed by atoms with Crippen LogP contribution in [0.4, 0.5) is 0 Å². The number of amides is 1. The molecule has 6 heteroatoms. The van der Waals surface area contributed by atoms with Crippen LogP contribution in [0, 0.1) is 5.41 Å². The molecule has 1 saturated carbocycles. The minimum absolute atomic E-state index is 0.102. The Morgan fingerprint density at radius 3 is 2.48 bits per heavy atom. The van der Waals surface area contributed by atoms with Crippen LogP contribution in [-0.2, 0) is 10.2 Å². The second kappa shape index (κ2) is 8.92. The summed E-state index contributed by atoms with van der Waals surface area (Å²) in [6, 6.07) is 5.79. The molecular weight excluding hydrogens is 370 g/mol. The molecule has 1 aromatic carbocycles. The summed E-state index contributed by atoms with van der Waals surface area (Å²) in [5.41, 5.74) is -0.233. The van der Waals surface area contributed by atoms with E-state index in [1.807, 2.05) is 30.0 Å². The Morgan fingerprint density at radius 1 is 1.21 bits per heavy atom. The molecule has 3 rings (SSSR count). The van der Waals surface area contributed by atoms with Gasteiger partial charge in [0.2, 0.25) is 5.91 Å². The Kier molecular flexibility index (Phi) is 6.74. The second-order valence-corrected chi connectivity index (χ2v) is 8.66. The molecule has 0 aromatic heterocycles. The topological polar surface area (TPSA) is 79.2 Å². The maximum atomic E-state index is 13.9. The molecule has 2 N–H and O–H groups in total. The minimum Gasteiger partial charge on any atom is -0.493 e. The summed E-state index contributed by atoms with van der Waals surface area (Å²) in [6.07, 6.45) is 5.14. The van der Waals surface area contributed by atoms with E-state index in [9.17, 15) is 15.0 Å². The summed E-state index contributed by atoms with van der Waals surface area (Å²) in [4.78, 5) is 15.8. The molecule has 2 fully saturated rings. The largest absolute Gasteiger partial charge is 0.493 e. The van der Waals surface area contributed by atoms with Gasteiger partial charge in [-0.05, 0) is 43.4 Å². The Balaban J connectivity index is 1.94. The van der Waals surface area contributed by atoms with Gasteiger partial charge in [0.15, 0.2) is 11.5 Å². The van der Waals surface area contributed by atoms with Crippen molar-refractivity contribution in [3.05, 3.63) is 23.8 Å². The van der Waals surface area contributed by atoms with Gasteiger partial charge < -0.3 is 24.6 Å². The lowest BCUT2D eigenvalue weighted by atomic mass is 9.72. The zero-order valence-corrected chi connectivity index (χ0v) is 17.9. The highest BCUT2D eigenvalue weighted by molar-refractivity contribution is 5.89. The first-order chi connectivity index (χ1) is 14.0. The van der Waals surface area contributed by atoms with Crippen molar-refractivity contribution in [3.63, 3.8) is 0 Å². The smallest absolute Gasteiger partial charge is 0.233 e.